The third-order valence-corrected chi connectivity index (χ3v) is 6.40. The quantitative estimate of drug-likeness (QED) is 0.825. The number of hydrogen-bond donors (Lipinski definition) is 1. The summed E-state index contributed by atoms with van der Waals surface area (Å²) in [7, 11) is -3.52. The van der Waals surface area contributed by atoms with E-state index in [0.29, 0.717) is 24.5 Å². The van der Waals surface area contributed by atoms with E-state index < -0.39 is 16.1 Å². The zero-order valence-electron chi connectivity index (χ0n) is 15.5. The summed E-state index contributed by atoms with van der Waals surface area (Å²) in [5, 5.41) is 2.73. The highest BCUT2D eigenvalue weighted by atomic mass is 32.2. The van der Waals surface area contributed by atoms with Gasteiger partial charge < -0.3 is 10.1 Å². The van der Waals surface area contributed by atoms with E-state index in [1.807, 2.05) is 31.2 Å². The lowest BCUT2D eigenvalue weighted by Gasteiger charge is -2.17. The molecule has 1 atom stereocenters. The molecule has 1 fully saturated rings. The predicted octanol–water partition coefficient (Wildman–Crippen LogP) is 3.19. The third kappa shape index (κ3) is 4.67. The monoisotopic (exact) mass is 388 g/mol. The molecule has 0 aliphatic carbocycles. The molecule has 6 nitrogen and oxygen atoms in total. The third-order valence-electron chi connectivity index (χ3n) is 4.51. The molecule has 2 aromatic carbocycles. The molecule has 1 aliphatic rings. The topological polar surface area (TPSA) is 75.7 Å². The van der Waals surface area contributed by atoms with Gasteiger partial charge in [-0.25, -0.2) is 8.42 Å². The standard InChI is InChI=1S/C20H24N2O4S/c1-15-8-10-18(11-9-15)26-16(2)20(23)21-17-6-5-7-19(14-17)27(24,25)22-12-3-4-13-22/h5-11,14,16H,3-4,12-13H2,1-2H3,(H,21,23). The number of sulfonamides is 1. The molecule has 0 aromatic heterocycles. The first-order valence-corrected chi connectivity index (χ1v) is 10.4. The fourth-order valence-electron chi connectivity index (χ4n) is 2.93. The van der Waals surface area contributed by atoms with E-state index in [0.717, 1.165) is 18.4 Å². The average molecular weight is 388 g/mol. The Kier molecular flexibility index (Phi) is 5.82. The second kappa shape index (κ2) is 8.10. The molecule has 1 N–H and O–H groups in total. The highest BCUT2D eigenvalue weighted by molar-refractivity contribution is 7.89. The number of anilines is 1. The molecule has 2 aromatic rings. The number of nitrogens with zero attached hydrogens (tertiary/aromatic N) is 1. The van der Waals surface area contributed by atoms with Crippen LogP contribution >= 0.6 is 0 Å². The van der Waals surface area contributed by atoms with Crippen LogP contribution in [0.5, 0.6) is 5.75 Å². The van der Waals surface area contributed by atoms with Gasteiger partial charge in [0.2, 0.25) is 10.0 Å². The van der Waals surface area contributed by atoms with E-state index >= 15 is 0 Å². The van der Waals surface area contributed by atoms with Gasteiger partial charge in [-0.15, -0.1) is 0 Å². The summed E-state index contributed by atoms with van der Waals surface area (Å²) in [5.41, 5.74) is 1.54. The first-order valence-electron chi connectivity index (χ1n) is 9.01. The van der Waals surface area contributed by atoms with Crippen molar-refractivity contribution < 1.29 is 17.9 Å². The van der Waals surface area contributed by atoms with Gasteiger partial charge in [-0.05, 0) is 57.0 Å². The van der Waals surface area contributed by atoms with Gasteiger partial charge in [0.25, 0.3) is 5.91 Å². The van der Waals surface area contributed by atoms with Gasteiger partial charge in [0.15, 0.2) is 6.10 Å². The highest BCUT2D eigenvalue weighted by Crippen LogP contribution is 2.23. The number of benzene rings is 2. The molecule has 7 heteroatoms. The number of carbonyl (C=O) groups is 1. The highest BCUT2D eigenvalue weighted by Gasteiger charge is 2.27. The normalized spacial score (nSPS) is 16.1. The Morgan fingerprint density at radius 2 is 1.78 bits per heavy atom. The van der Waals surface area contributed by atoms with Crippen LogP contribution < -0.4 is 10.1 Å². The second-order valence-corrected chi connectivity index (χ2v) is 8.64. The number of rotatable bonds is 6. The van der Waals surface area contributed by atoms with Crippen LogP contribution in [0.3, 0.4) is 0 Å². The fraction of sp³-hybridized carbons (Fsp3) is 0.350. The molecule has 144 valence electrons. The van der Waals surface area contributed by atoms with E-state index in [1.165, 1.54) is 10.4 Å². The van der Waals surface area contributed by atoms with Gasteiger partial charge >= 0.3 is 0 Å². The van der Waals surface area contributed by atoms with Crippen molar-refractivity contribution in [3.8, 4) is 5.75 Å². The summed E-state index contributed by atoms with van der Waals surface area (Å²) in [4.78, 5) is 12.6. The molecule has 0 saturated carbocycles. The number of aryl methyl sites for hydroxylation is 1. The summed E-state index contributed by atoms with van der Waals surface area (Å²) < 4.78 is 32.5. The van der Waals surface area contributed by atoms with Crippen molar-refractivity contribution >= 4 is 21.6 Å². The smallest absolute Gasteiger partial charge is 0.265 e. The summed E-state index contributed by atoms with van der Waals surface area (Å²) in [5.74, 6) is 0.264. The maximum absolute atomic E-state index is 12.7. The fourth-order valence-corrected chi connectivity index (χ4v) is 4.49. The SMILES string of the molecule is Cc1ccc(OC(C)C(=O)Nc2cccc(S(=O)(=O)N3CCCC3)c2)cc1. The lowest BCUT2D eigenvalue weighted by atomic mass is 10.2. The molecule has 1 unspecified atom stereocenters. The number of hydrogen-bond acceptors (Lipinski definition) is 4. The number of carbonyl (C=O) groups excluding carboxylic acids is 1. The van der Waals surface area contributed by atoms with Gasteiger partial charge in [0.05, 0.1) is 4.90 Å². The van der Waals surface area contributed by atoms with Crippen molar-refractivity contribution in [2.75, 3.05) is 18.4 Å². The Morgan fingerprint density at radius 1 is 1.11 bits per heavy atom. The first-order chi connectivity index (χ1) is 12.9. The average Bonchev–Trinajstić information content (AvgIpc) is 3.19. The number of amides is 1. The molecule has 1 aliphatic heterocycles. The molecule has 0 spiro atoms. The maximum atomic E-state index is 12.7. The zero-order chi connectivity index (χ0) is 19.4. The Morgan fingerprint density at radius 3 is 2.44 bits per heavy atom. The van der Waals surface area contributed by atoms with Crippen LogP contribution in [-0.4, -0.2) is 37.8 Å². The zero-order valence-corrected chi connectivity index (χ0v) is 16.3. The second-order valence-electron chi connectivity index (χ2n) is 6.70. The lowest BCUT2D eigenvalue weighted by Crippen LogP contribution is -2.30. The van der Waals surface area contributed by atoms with E-state index in [9.17, 15) is 13.2 Å². The molecule has 1 amide bonds. The summed E-state index contributed by atoms with van der Waals surface area (Å²) >= 11 is 0. The van der Waals surface area contributed by atoms with Gasteiger partial charge in [-0.3, -0.25) is 4.79 Å². The van der Waals surface area contributed by atoms with Crippen molar-refractivity contribution in [1.82, 2.24) is 4.31 Å². The minimum Gasteiger partial charge on any atom is -0.481 e. The van der Waals surface area contributed by atoms with Crippen molar-refractivity contribution in [2.24, 2.45) is 0 Å². The summed E-state index contributed by atoms with van der Waals surface area (Å²) in [6.07, 6.45) is 1.04. The summed E-state index contributed by atoms with van der Waals surface area (Å²) in [6.45, 7) is 4.71. The minimum atomic E-state index is -3.52. The van der Waals surface area contributed by atoms with Crippen LogP contribution in [0.2, 0.25) is 0 Å². The molecule has 3 rings (SSSR count). The van der Waals surface area contributed by atoms with Crippen molar-refractivity contribution in [2.45, 2.75) is 37.7 Å². The van der Waals surface area contributed by atoms with E-state index in [2.05, 4.69) is 5.32 Å². The van der Waals surface area contributed by atoms with E-state index in [-0.39, 0.29) is 10.8 Å². The van der Waals surface area contributed by atoms with Gasteiger partial charge in [0, 0.05) is 18.8 Å². The number of ether oxygens (including phenoxy) is 1. The summed E-state index contributed by atoms with van der Waals surface area (Å²) in [6, 6.07) is 13.8. The van der Waals surface area contributed by atoms with Crippen LogP contribution in [0.25, 0.3) is 0 Å². The van der Waals surface area contributed by atoms with Gasteiger partial charge in [0.1, 0.15) is 5.75 Å². The van der Waals surface area contributed by atoms with Crippen molar-refractivity contribution in [1.29, 1.82) is 0 Å². The van der Waals surface area contributed by atoms with Crippen LogP contribution in [0, 0.1) is 6.92 Å². The van der Waals surface area contributed by atoms with Crippen molar-refractivity contribution in [3.05, 3.63) is 54.1 Å². The van der Waals surface area contributed by atoms with E-state index in [4.69, 9.17) is 4.74 Å². The maximum Gasteiger partial charge on any atom is 0.265 e. The predicted molar refractivity (Wildman–Crippen MR) is 104 cm³/mol. The molecule has 0 bridgehead atoms. The van der Waals surface area contributed by atoms with E-state index in [1.54, 1.807) is 25.1 Å². The Balaban J connectivity index is 1.68. The minimum absolute atomic E-state index is 0.189. The van der Waals surface area contributed by atoms with Crippen molar-refractivity contribution in [3.63, 3.8) is 0 Å². The molecule has 0 radical (unpaired) electrons. The molecular weight excluding hydrogens is 364 g/mol. The Hall–Kier alpha value is -2.38. The van der Waals surface area contributed by atoms with Gasteiger partial charge in [-0.1, -0.05) is 23.8 Å². The van der Waals surface area contributed by atoms with Crippen LogP contribution in [0.15, 0.2) is 53.4 Å². The number of nitrogens with one attached hydrogen (secondary N) is 1. The Labute approximate surface area is 160 Å². The Bertz CT molecular complexity index is 904. The molecular formula is C20H24N2O4S. The molecule has 27 heavy (non-hydrogen) atoms. The first kappa shape index (κ1) is 19.4. The van der Waals surface area contributed by atoms with Crippen LogP contribution in [-0.2, 0) is 14.8 Å². The van der Waals surface area contributed by atoms with Crippen LogP contribution in [0.1, 0.15) is 25.3 Å². The largest absolute Gasteiger partial charge is 0.481 e. The molecule has 1 heterocycles. The van der Waals surface area contributed by atoms with Crippen LogP contribution in [0.4, 0.5) is 5.69 Å². The van der Waals surface area contributed by atoms with Gasteiger partial charge in [-0.2, -0.15) is 4.31 Å². The lowest BCUT2D eigenvalue weighted by molar-refractivity contribution is -0.122. The molecule has 1 saturated heterocycles.